The predicted octanol–water partition coefficient (Wildman–Crippen LogP) is 1.10. The van der Waals surface area contributed by atoms with Crippen LogP contribution < -0.4 is 10.2 Å². The maximum atomic E-state index is 9.34. The number of hydrogen-bond acceptors (Lipinski definition) is 5. The largest absolute Gasteiger partial charge is 0.476 e. The van der Waals surface area contributed by atoms with Crippen LogP contribution in [0.5, 0.6) is 5.88 Å². The first-order chi connectivity index (χ1) is 10.2. The molecule has 0 aliphatic carbocycles. The summed E-state index contributed by atoms with van der Waals surface area (Å²) < 4.78 is 16.8. The van der Waals surface area contributed by atoms with E-state index in [1.165, 1.54) is 0 Å². The maximum absolute atomic E-state index is 9.34. The summed E-state index contributed by atoms with van der Waals surface area (Å²) in [5.41, 5.74) is 1.66. The lowest BCUT2D eigenvalue weighted by Gasteiger charge is -2.22. The van der Waals surface area contributed by atoms with Crippen molar-refractivity contribution in [3.8, 4) is 5.88 Å². The number of pyridine rings is 1. The van der Waals surface area contributed by atoms with Gasteiger partial charge in [0, 0.05) is 17.8 Å². The van der Waals surface area contributed by atoms with Crippen LogP contribution in [-0.2, 0) is 9.47 Å². The summed E-state index contributed by atoms with van der Waals surface area (Å²) in [5, 5.41) is 9.34. The van der Waals surface area contributed by atoms with Crippen LogP contribution in [-0.4, -0.2) is 43.6 Å². The molecule has 1 atom stereocenters. The first-order valence-electron chi connectivity index (χ1n) is 7.67. The third-order valence-corrected chi connectivity index (χ3v) is 3.49. The van der Waals surface area contributed by atoms with E-state index < -0.39 is 0 Å². The molecule has 1 N–H and O–H groups in total. The van der Waals surface area contributed by atoms with Crippen molar-refractivity contribution < 1.29 is 19.2 Å². The Hall–Kier alpha value is -1.11. The number of nitrogens with zero attached hydrogens (tertiary/aromatic N) is 1. The van der Waals surface area contributed by atoms with Gasteiger partial charge in [0.15, 0.2) is 6.29 Å². The predicted molar refractivity (Wildman–Crippen MR) is 82.4 cm³/mol. The highest BCUT2D eigenvalue weighted by molar-refractivity contribution is 6.46. The van der Waals surface area contributed by atoms with E-state index in [0.29, 0.717) is 30.5 Å². The third-order valence-electron chi connectivity index (χ3n) is 3.49. The van der Waals surface area contributed by atoms with Gasteiger partial charge in [-0.25, -0.2) is 4.98 Å². The second-order valence-electron chi connectivity index (χ2n) is 5.53. The Bertz CT molecular complexity index is 436. The molecule has 1 aliphatic heterocycles. The minimum atomic E-state index is -0.102. The van der Waals surface area contributed by atoms with E-state index in [1.807, 2.05) is 12.1 Å². The quantitative estimate of drug-likeness (QED) is 0.602. The molecule has 1 aliphatic rings. The van der Waals surface area contributed by atoms with Crippen LogP contribution in [0.3, 0.4) is 0 Å². The van der Waals surface area contributed by atoms with Gasteiger partial charge in [-0.05, 0) is 31.2 Å². The van der Waals surface area contributed by atoms with E-state index in [2.05, 4.69) is 18.8 Å². The Balaban J connectivity index is 1.82. The van der Waals surface area contributed by atoms with Gasteiger partial charge < -0.3 is 19.2 Å². The van der Waals surface area contributed by atoms with Crippen LogP contribution in [0.25, 0.3) is 0 Å². The SMILES string of the molecule is CC(C)c1ccc(BO)c(OCCOC2CCCCO2)n1. The van der Waals surface area contributed by atoms with E-state index in [0.717, 1.165) is 31.6 Å². The summed E-state index contributed by atoms with van der Waals surface area (Å²) in [6.45, 7) is 5.80. The van der Waals surface area contributed by atoms with Crippen LogP contribution >= 0.6 is 0 Å². The van der Waals surface area contributed by atoms with Crippen LogP contribution in [0.2, 0.25) is 0 Å². The van der Waals surface area contributed by atoms with Crippen LogP contribution in [0.15, 0.2) is 12.1 Å². The van der Waals surface area contributed by atoms with Crippen molar-refractivity contribution in [1.82, 2.24) is 4.98 Å². The summed E-state index contributed by atoms with van der Waals surface area (Å²) in [7, 11) is -0.0761. The van der Waals surface area contributed by atoms with Crippen molar-refractivity contribution in [2.45, 2.75) is 45.3 Å². The number of aromatic nitrogens is 1. The van der Waals surface area contributed by atoms with Gasteiger partial charge in [0.1, 0.15) is 6.61 Å². The molecule has 2 rings (SSSR count). The molecular formula is C15H24BNO4. The molecule has 0 saturated carbocycles. The molecule has 0 aromatic carbocycles. The monoisotopic (exact) mass is 293 g/mol. The standard InChI is InChI=1S/C15H24BNO4/c1-11(2)13-7-6-12(16-18)15(17-13)21-10-9-20-14-5-3-4-8-19-14/h6-7,11,14,16,18H,3-5,8-10H2,1-2H3. The minimum Gasteiger partial charge on any atom is -0.476 e. The fourth-order valence-corrected chi connectivity index (χ4v) is 2.21. The molecule has 6 heteroatoms. The third kappa shape index (κ3) is 4.98. The van der Waals surface area contributed by atoms with Crippen molar-refractivity contribution in [1.29, 1.82) is 0 Å². The topological polar surface area (TPSA) is 60.8 Å². The summed E-state index contributed by atoms with van der Waals surface area (Å²) in [4.78, 5) is 4.46. The minimum absolute atomic E-state index is 0.0761. The highest BCUT2D eigenvalue weighted by atomic mass is 16.7. The van der Waals surface area contributed by atoms with Gasteiger partial charge in [0.2, 0.25) is 5.88 Å². The van der Waals surface area contributed by atoms with Gasteiger partial charge in [-0.15, -0.1) is 0 Å². The molecule has 1 saturated heterocycles. The van der Waals surface area contributed by atoms with Crippen molar-refractivity contribution in [2.24, 2.45) is 0 Å². The number of rotatable bonds is 7. The summed E-state index contributed by atoms with van der Waals surface area (Å²) in [5.74, 6) is 0.823. The Labute approximate surface area is 126 Å². The molecule has 5 nitrogen and oxygen atoms in total. The van der Waals surface area contributed by atoms with Gasteiger partial charge in [0.25, 0.3) is 0 Å². The summed E-state index contributed by atoms with van der Waals surface area (Å²) in [6, 6.07) is 3.79. The fourth-order valence-electron chi connectivity index (χ4n) is 2.21. The molecule has 1 unspecified atom stereocenters. The molecule has 21 heavy (non-hydrogen) atoms. The molecular weight excluding hydrogens is 269 g/mol. The lowest BCUT2D eigenvalue weighted by Crippen LogP contribution is -2.26. The lowest BCUT2D eigenvalue weighted by atomic mass is 9.89. The Morgan fingerprint density at radius 2 is 2.24 bits per heavy atom. The molecule has 1 fully saturated rings. The molecule has 0 bridgehead atoms. The number of ether oxygens (including phenoxy) is 3. The Morgan fingerprint density at radius 1 is 1.38 bits per heavy atom. The maximum Gasteiger partial charge on any atom is 0.310 e. The van der Waals surface area contributed by atoms with E-state index in [1.54, 1.807) is 0 Å². The zero-order chi connectivity index (χ0) is 15.1. The van der Waals surface area contributed by atoms with Crippen molar-refractivity contribution in [2.75, 3.05) is 19.8 Å². The first-order valence-corrected chi connectivity index (χ1v) is 7.67. The number of hydrogen-bond donors (Lipinski definition) is 1. The lowest BCUT2D eigenvalue weighted by molar-refractivity contribution is -0.165. The molecule has 2 heterocycles. The van der Waals surface area contributed by atoms with E-state index >= 15 is 0 Å². The van der Waals surface area contributed by atoms with Crippen molar-refractivity contribution in [3.63, 3.8) is 0 Å². The summed E-state index contributed by atoms with van der Waals surface area (Å²) in [6.07, 6.45) is 3.11. The van der Waals surface area contributed by atoms with Gasteiger partial charge in [-0.3, -0.25) is 0 Å². The molecule has 1 aromatic heterocycles. The van der Waals surface area contributed by atoms with Gasteiger partial charge in [0.05, 0.1) is 6.61 Å². The van der Waals surface area contributed by atoms with Crippen LogP contribution in [0.4, 0.5) is 0 Å². The van der Waals surface area contributed by atoms with Crippen molar-refractivity contribution >= 4 is 12.9 Å². The Kier molecular flexibility index (Phi) is 6.48. The zero-order valence-electron chi connectivity index (χ0n) is 12.9. The van der Waals surface area contributed by atoms with Crippen LogP contribution in [0.1, 0.15) is 44.7 Å². The second kappa shape index (κ2) is 8.36. The first kappa shape index (κ1) is 16.3. The normalized spacial score (nSPS) is 18.8. The van der Waals surface area contributed by atoms with Gasteiger partial charge >= 0.3 is 7.48 Å². The highest BCUT2D eigenvalue weighted by Gasteiger charge is 2.14. The molecule has 0 spiro atoms. The zero-order valence-corrected chi connectivity index (χ0v) is 12.9. The average molecular weight is 293 g/mol. The average Bonchev–Trinajstić information content (AvgIpc) is 2.52. The van der Waals surface area contributed by atoms with Crippen molar-refractivity contribution in [3.05, 3.63) is 17.8 Å². The summed E-state index contributed by atoms with van der Waals surface area (Å²) >= 11 is 0. The molecule has 0 amide bonds. The molecule has 1 aromatic rings. The highest BCUT2D eigenvalue weighted by Crippen LogP contribution is 2.15. The Morgan fingerprint density at radius 3 is 2.90 bits per heavy atom. The second-order valence-corrected chi connectivity index (χ2v) is 5.53. The van der Waals surface area contributed by atoms with Crippen LogP contribution in [0, 0.1) is 0 Å². The fraction of sp³-hybridized carbons (Fsp3) is 0.667. The smallest absolute Gasteiger partial charge is 0.310 e. The molecule has 0 radical (unpaired) electrons. The van der Waals surface area contributed by atoms with Gasteiger partial charge in [-0.2, -0.15) is 0 Å². The van der Waals surface area contributed by atoms with E-state index in [9.17, 15) is 5.02 Å². The van der Waals surface area contributed by atoms with E-state index in [-0.39, 0.29) is 13.8 Å². The van der Waals surface area contributed by atoms with E-state index in [4.69, 9.17) is 14.2 Å². The van der Waals surface area contributed by atoms with Gasteiger partial charge in [-0.1, -0.05) is 19.9 Å². The molecule has 116 valence electrons.